The molecule has 0 saturated carbocycles. The smallest absolute Gasteiger partial charge is 0.311 e. The predicted molar refractivity (Wildman–Crippen MR) is 111 cm³/mol. The average molecular weight is 389 g/mol. The van der Waals surface area contributed by atoms with Gasteiger partial charge in [0, 0.05) is 18.5 Å². The van der Waals surface area contributed by atoms with E-state index >= 15 is 0 Å². The van der Waals surface area contributed by atoms with E-state index in [1.807, 2.05) is 54.6 Å². The molecule has 0 aliphatic heterocycles. The molecular formula is C24H23NO4. The summed E-state index contributed by atoms with van der Waals surface area (Å²) in [5, 5.41) is 2.86. The molecule has 0 saturated heterocycles. The van der Waals surface area contributed by atoms with Gasteiger partial charge in [0.15, 0.2) is 0 Å². The van der Waals surface area contributed by atoms with Gasteiger partial charge in [0.1, 0.15) is 11.5 Å². The second-order valence-electron chi connectivity index (χ2n) is 6.52. The minimum atomic E-state index is -0.345. The summed E-state index contributed by atoms with van der Waals surface area (Å²) in [5.41, 5.74) is 2.49. The van der Waals surface area contributed by atoms with E-state index in [0.717, 1.165) is 16.9 Å². The number of amides is 1. The van der Waals surface area contributed by atoms with Gasteiger partial charge in [0.05, 0.1) is 7.11 Å². The van der Waals surface area contributed by atoms with E-state index in [2.05, 4.69) is 5.32 Å². The van der Waals surface area contributed by atoms with Crippen LogP contribution < -0.4 is 14.8 Å². The second-order valence-corrected chi connectivity index (χ2v) is 6.52. The molecule has 0 aliphatic rings. The summed E-state index contributed by atoms with van der Waals surface area (Å²) in [5.74, 6) is 0.573. The maximum atomic E-state index is 12.4. The first-order valence-electron chi connectivity index (χ1n) is 9.40. The highest BCUT2D eigenvalue weighted by Crippen LogP contribution is 2.16. The lowest BCUT2D eigenvalue weighted by atomic mass is 10.1. The highest BCUT2D eigenvalue weighted by Gasteiger charge is 2.10. The summed E-state index contributed by atoms with van der Waals surface area (Å²) in [7, 11) is 1.61. The number of hydrogen-bond donors (Lipinski definition) is 1. The van der Waals surface area contributed by atoms with E-state index in [1.165, 1.54) is 0 Å². The summed E-state index contributed by atoms with van der Waals surface area (Å²) in [4.78, 5) is 24.5. The first-order valence-corrected chi connectivity index (χ1v) is 9.40. The van der Waals surface area contributed by atoms with Gasteiger partial charge in [-0.1, -0.05) is 48.5 Å². The van der Waals surface area contributed by atoms with Crippen molar-refractivity contribution in [3.63, 3.8) is 0 Å². The van der Waals surface area contributed by atoms with Crippen LogP contribution in [0.3, 0.4) is 0 Å². The van der Waals surface area contributed by atoms with Crippen molar-refractivity contribution in [2.45, 2.75) is 19.4 Å². The van der Waals surface area contributed by atoms with E-state index in [9.17, 15) is 9.59 Å². The Bertz CT molecular complexity index is 952. The Balaban J connectivity index is 1.51. The fraction of sp³-hybridized carbons (Fsp3) is 0.167. The first kappa shape index (κ1) is 20.1. The summed E-state index contributed by atoms with van der Waals surface area (Å²) >= 11 is 0. The number of benzene rings is 3. The normalized spacial score (nSPS) is 10.2. The van der Waals surface area contributed by atoms with Crippen LogP contribution in [0.1, 0.15) is 27.9 Å². The molecule has 3 aromatic rings. The molecule has 0 radical (unpaired) electrons. The minimum absolute atomic E-state index is 0.218. The zero-order valence-electron chi connectivity index (χ0n) is 16.3. The molecule has 0 heterocycles. The van der Waals surface area contributed by atoms with Gasteiger partial charge in [-0.3, -0.25) is 9.59 Å². The molecular weight excluding hydrogens is 366 g/mol. The second kappa shape index (κ2) is 10.1. The Kier molecular flexibility index (Phi) is 7.00. The molecule has 0 bridgehead atoms. The molecule has 29 heavy (non-hydrogen) atoms. The van der Waals surface area contributed by atoms with Crippen LogP contribution in [-0.2, 0) is 17.8 Å². The molecule has 5 heteroatoms. The molecule has 5 nitrogen and oxygen atoms in total. The summed E-state index contributed by atoms with van der Waals surface area (Å²) < 4.78 is 10.5. The lowest BCUT2D eigenvalue weighted by Crippen LogP contribution is -2.22. The van der Waals surface area contributed by atoms with Gasteiger partial charge < -0.3 is 14.8 Å². The van der Waals surface area contributed by atoms with Gasteiger partial charge in [0.25, 0.3) is 5.91 Å². The monoisotopic (exact) mass is 389 g/mol. The molecule has 0 aliphatic carbocycles. The Labute approximate surface area is 170 Å². The van der Waals surface area contributed by atoms with Gasteiger partial charge >= 0.3 is 5.97 Å². The van der Waals surface area contributed by atoms with E-state index in [0.29, 0.717) is 24.3 Å². The number of carbonyl (C=O) groups excluding carboxylic acids is 2. The maximum Gasteiger partial charge on any atom is 0.311 e. The van der Waals surface area contributed by atoms with Crippen LogP contribution in [-0.4, -0.2) is 19.0 Å². The van der Waals surface area contributed by atoms with Crippen molar-refractivity contribution in [1.82, 2.24) is 5.32 Å². The molecule has 0 atom stereocenters. The lowest BCUT2D eigenvalue weighted by molar-refractivity contribution is -0.134. The van der Waals surface area contributed by atoms with Crippen LogP contribution in [0, 0.1) is 0 Å². The molecule has 148 valence electrons. The fourth-order valence-corrected chi connectivity index (χ4v) is 2.80. The summed E-state index contributed by atoms with van der Waals surface area (Å²) in [6, 6.07) is 23.9. The van der Waals surface area contributed by atoms with Crippen LogP contribution in [0.4, 0.5) is 0 Å². The van der Waals surface area contributed by atoms with Crippen molar-refractivity contribution in [3.05, 3.63) is 95.6 Å². The van der Waals surface area contributed by atoms with Crippen LogP contribution in [0.5, 0.6) is 11.5 Å². The quantitative estimate of drug-likeness (QED) is 0.464. The molecule has 0 aromatic heterocycles. The number of nitrogens with one attached hydrogen (secondary N) is 1. The number of hydrogen-bond acceptors (Lipinski definition) is 4. The third kappa shape index (κ3) is 6.21. The molecule has 0 fully saturated rings. The Morgan fingerprint density at radius 1 is 0.828 bits per heavy atom. The Morgan fingerprint density at radius 3 is 2.31 bits per heavy atom. The number of rotatable bonds is 8. The SMILES string of the molecule is COc1ccc(CCC(=O)Oc2cccc(C(=O)NCc3ccccc3)c2)cc1. The van der Waals surface area contributed by atoms with Crippen molar-refractivity contribution >= 4 is 11.9 Å². The zero-order valence-corrected chi connectivity index (χ0v) is 16.3. The van der Waals surface area contributed by atoms with E-state index < -0.39 is 0 Å². The maximum absolute atomic E-state index is 12.4. The van der Waals surface area contributed by atoms with E-state index in [1.54, 1.807) is 31.4 Å². The van der Waals surface area contributed by atoms with Crippen LogP contribution in [0.2, 0.25) is 0 Å². The molecule has 1 N–H and O–H groups in total. The number of methoxy groups -OCH3 is 1. The minimum Gasteiger partial charge on any atom is -0.497 e. The van der Waals surface area contributed by atoms with Crippen LogP contribution >= 0.6 is 0 Å². The van der Waals surface area contributed by atoms with E-state index in [-0.39, 0.29) is 18.3 Å². The number of ether oxygens (including phenoxy) is 2. The molecule has 0 spiro atoms. The standard InChI is InChI=1S/C24H23NO4/c1-28-21-13-10-18(11-14-21)12-15-23(26)29-22-9-5-8-20(16-22)24(27)25-17-19-6-3-2-4-7-19/h2-11,13-14,16H,12,15,17H2,1H3,(H,25,27). The largest absolute Gasteiger partial charge is 0.497 e. The van der Waals surface area contributed by atoms with Crippen molar-refractivity contribution in [2.24, 2.45) is 0 Å². The third-order valence-corrected chi connectivity index (χ3v) is 4.40. The van der Waals surface area contributed by atoms with Gasteiger partial charge in [-0.2, -0.15) is 0 Å². The molecule has 1 amide bonds. The van der Waals surface area contributed by atoms with Crippen LogP contribution in [0.15, 0.2) is 78.9 Å². The Hall–Kier alpha value is -3.60. The summed E-state index contributed by atoms with van der Waals surface area (Å²) in [6.45, 7) is 0.436. The van der Waals surface area contributed by atoms with Gasteiger partial charge in [-0.15, -0.1) is 0 Å². The topological polar surface area (TPSA) is 64.6 Å². The average Bonchev–Trinajstić information content (AvgIpc) is 2.77. The molecule has 3 aromatic carbocycles. The predicted octanol–water partition coefficient (Wildman–Crippen LogP) is 4.16. The molecule has 0 unspecified atom stereocenters. The number of esters is 1. The third-order valence-electron chi connectivity index (χ3n) is 4.40. The van der Waals surface area contributed by atoms with Gasteiger partial charge in [0.2, 0.25) is 0 Å². The highest BCUT2D eigenvalue weighted by atomic mass is 16.5. The summed E-state index contributed by atoms with van der Waals surface area (Å²) in [6.07, 6.45) is 0.816. The van der Waals surface area contributed by atoms with Gasteiger partial charge in [-0.05, 0) is 47.9 Å². The number of aryl methyl sites for hydroxylation is 1. The van der Waals surface area contributed by atoms with Crippen molar-refractivity contribution < 1.29 is 19.1 Å². The Morgan fingerprint density at radius 2 is 1.59 bits per heavy atom. The van der Waals surface area contributed by atoms with Crippen LogP contribution in [0.25, 0.3) is 0 Å². The highest BCUT2D eigenvalue weighted by molar-refractivity contribution is 5.94. The molecule has 3 rings (SSSR count). The zero-order chi connectivity index (χ0) is 20.5. The lowest BCUT2D eigenvalue weighted by Gasteiger charge is -2.08. The van der Waals surface area contributed by atoms with Gasteiger partial charge in [-0.25, -0.2) is 0 Å². The first-order chi connectivity index (χ1) is 14.1. The fourth-order valence-electron chi connectivity index (χ4n) is 2.80. The van der Waals surface area contributed by atoms with E-state index in [4.69, 9.17) is 9.47 Å². The van der Waals surface area contributed by atoms with Crippen molar-refractivity contribution in [2.75, 3.05) is 7.11 Å². The number of carbonyl (C=O) groups is 2. The van der Waals surface area contributed by atoms with Crippen molar-refractivity contribution in [3.8, 4) is 11.5 Å². The van der Waals surface area contributed by atoms with Crippen molar-refractivity contribution in [1.29, 1.82) is 0 Å².